The van der Waals surface area contributed by atoms with E-state index in [1.807, 2.05) is 36.4 Å². The van der Waals surface area contributed by atoms with Crippen molar-refractivity contribution < 1.29 is 0 Å². The zero-order valence-electron chi connectivity index (χ0n) is 30.9. The van der Waals surface area contributed by atoms with E-state index in [0.717, 1.165) is 43.8 Å². The maximum Gasteiger partial charge on any atom is 0.194 e. The van der Waals surface area contributed by atoms with Gasteiger partial charge >= 0.3 is 0 Å². The first-order valence-corrected chi connectivity index (χ1v) is 22.4. The number of benzene rings is 6. The lowest BCUT2D eigenvalue weighted by atomic mass is 9.79. The van der Waals surface area contributed by atoms with Crippen LogP contribution in [-0.2, 0) is 0 Å². The minimum absolute atomic E-state index is 0.00334. The Bertz CT molecular complexity index is 2160. The van der Waals surface area contributed by atoms with Crippen molar-refractivity contribution in [1.29, 1.82) is 0 Å². The van der Waals surface area contributed by atoms with Gasteiger partial charge in [0.05, 0.1) is 0 Å². The molecule has 2 aliphatic carbocycles. The second-order valence-electron chi connectivity index (χ2n) is 16.1. The van der Waals surface area contributed by atoms with Gasteiger partial charge in [-0.1, -0.05) is 131 Å². The van der Waals surface area contributed by atoms with E-state index in [2.05, 4.69) is 118 Å². The number of hydrogen-bond acceptors (Lipinski definition) is 2. The fourth-order valence-electron chi connectivity index (χ4n) is 9.92. The standard InChI is InChI=1S/C44H50O2Si2/c1-25(2)47(26(3)4,27(5)6)21-19-31-23-37-41-39-33(31)15-13-17-35(39)44(46)38-24-32(20-22-48(28(7)8,29(9)10)30(11)12)34-16-14-18-36(43(37)45)40(34)42(38)41/h13-18,23-30H,1-12H3. The molecule has 0 saturated carbocycles. The van der Waals surface area contributed by atoms with Crippen LogP contribution >= 0.6 is 0 Å². The molecule has 0 amide bonds. The SMILES string of the molecule is CC(C)[Si](C#Cc1cc2c3c4c1cccc4c(=O)c1cc(C#C[Si](C(C)C)(C(C)C)C(C)C)c4cccc(c2=O)c4c1-3)(C(C)C)C(C)C. The highest BCUT2D eigenvalue weighted by Crippen LogP contribution is 2.47. The van der Waals surface area contributed by atoms with E-state index in [9.17, 15) is 9.59 Å². The van der Waals surface area contributed by atoms with E-state index >= 15 is 0 Å². The lowest BCUT2D eigenvalue weighted by Crippen LogP contribution is -2.43. The summed E-state index contributed by atoms with van der Waals surface area (Å²) in [5.74, 6) is 7.31. The molecule has 0 fully saturated rings. The Morgan fingerprint density at radius 1 is 0.438 bits per heavy atom. The van der Waals surface area contributed by atoms with Gasteiger partial charge in [-0.25, -0.2) is 0 Å². The summed E-state index contributed by atoms with van der Waals surface area (Å²) in [7, 11) is -4.07. The predicted octanol–water partition coefficient (Wildman–Crippen LogP) is 11.6. The molecule has 4 aromatic carbocycles. The highest BCUT2D eigenvalue weighted by atomic mass is 28.3. The average molecular weight is 667 g/mol. The Hall–Kier alpha value is -3.71. The molecule has 6 rings (SSSR count). The fraction of sp³-hybridized carbons (Fsp3) is 0.409. The molecule has 0 heterocycles. The fourth-order valence-corrected chi connectivity index (χ4v) is 20.4. The Morgan fingerprint density at radius 3 is 1.02 bits per heavy atom. The van der Waals surface area contributed by atoms with Crippen LogP contribution in [0.3, 0.4) is 0 Å². The van der Waals surface area contributed by atoms with Gasteiger partial charge in [0.15, 0.2) is 10.9 Å². The van der Waals surface area contributed by atoms with Crippen LogP contribution in [0, 0.1) is 22.9 Å². The van der Waals surface area contributed by atoms with Crippen LogP contribution in [0.4, 0.5) is 0 Å². The van der Waals surface area contributed by atoms with Crippen LogP contribution in [0.25, 0.3) is 54.2 Å². The molecule has 0 aromatic heterocycles. The van der Waals surface area contributed by atoms with Crippen LogP contribution in [0.5, 0.6) is 0 Å². The van der Waals surface area contributed by atoms with Gasteiger partial charge < -0.3 is 0 Å². The molecule has 0 spiro atoms. The van der Waals surface area contributed by atoms with Crippen LogP contribution < -0.4 is 10.9 Å². The van der Waals surface area contributed by atoms with Crippen LogP contribution in [0.1, 0.15) is 94.2 Å². The molecule has 0 bridgehead atoms. The summed E-state index contributed by atoms with van der Waals surface area (Å²) in [5.41, 5.74) is 14.2. The van der Waals surface area contributed by atoms with Gasteiger partial charge in [-0.3, -0.25) is 9.59 Å². The molecule has 0 saturated heterocycles. The summed E-state index contributed by atoms with van der Waals surface area (Å²) in [6, 6.07) is 16.0. The summed E-state index contributed by atoms with van der Waals surface area (Å²) >= 11 is 0. The Kier molecular flexibility index (Phi) is 8.55. The van der Waals surface area contributed by atoms with Gasteiger partial charge in [0, 0.05) is 54.6 Å². The van der Waals surface area contributed by atoms with Gasteiger partial charge in [0.1, 0.15) is 16.1 Å². The smallest absolute Gasteiger partial charge is 0.194 e. The predicted molar refractivity (Wildman–Crippen MR) is 215 cm³/mol. The highest BCUT2D eigenvalue weighted by molar-refractivity contribution is 6.91. The molecule has 48 heavy (non-hydrogen) atoms. The summed E-state index contributed by atoms with van der Waals surface area (Å²) in [6.07, 6.45) is 0. The van der Waals surface area contributed by atoms with Crippen molar-refractivity contribution in [3.05, 3.63) is 80.1 Å². The van der Waals surface area contributed by atoms with Crippen molar-refractivity contribution in [1.82, 2.24) is 0 Å². The lowest BCUT2D eigenvalue weighted by molar-refractivity contribution is 0.838. The largest absolute Gasteiger partial charge is 0.289 e. The Morgan fingerprint density at radius 2 is 0.729 bits per heavy atom. The van der Waals surface area contributed by atoms with E-state index in [1.165, 1.54) is 0 Å². The normalized spacial score (nSPS) is 13.1. The van der Waals surface area contributed by atoms with Crippen molar-refractivity contribution in [3.63, 3.8) is 0 Å². The van der Waals surface area contributed by atoms with E-state index in [1.54, 1.807) is 0 Å². The van der Waals surface area contributed by atoms with Crippen molar-refractivity contribution in [2.75, 3.05) is 0 Å². The molecule has 2 nitrogen and oxygen atoms in total. The molecule has 0 N–H and O–H groups in total. The first kappa shape index (κ1) is 34.2. The minimum Gasteiger partial charge on any atom is -0.289 e. The first-order chi connectivity index (χ1) is 22.6. The van der Waals surface area contributed by atoms with Crippen LogP contribution in [0.2, 0.25) is 33.2 Å². The van der Waals surface area contributed by atoms with Crippen molar-refractivity contribution in [2.45, 2.75) is 116 Å². The van der Waals surface area contributed by atoms with Crippen molar-refractivity contribution >= 4 is 59.2 Å². The molecule has 4 aromatic rings. The summed E-state index contributed by atoms with van der Waals surface area (Å²) in [5, 5.41) is 6.28. The summed E-state index contributed by atoms with van der Waals surface area (Å²) in [6.45, 7) is 27.8. The van der Waals surface area contributed by atoms with Gasteiger partial charge in [-0.05, 0) is 56.2 Å². The zero-order valence-corrected chi connectivity index (χ0v) is 32.9. The molecule has 246 valence electrons. The van der Waals surface area contributed by atoms with Crippen LogP contribution in [0.15, 0.2) is 58.1 Å². The van der Waals surface area contributed by atoms with E-state index < -0.39 is 16.1 Å². The average Bonchev–Trinajstić information content (AvgIpc) is 3.02. The number of rotatable bonds is 6. The van der Waals surface area contributed by atoms with Gasteiger partial charge in [0.25, 0.3) is 0 Å². The maximum atomic E-state index is 14.6. The quantitative estimate of drug-likeness (QED) is 0.0767. The highest BCUT2D eigenvalue weighted by Gasteiger charge is 2.43. The molecule has 0 radical (unpaired) electrons. The third-order valence-corrected chi connectivity index (χ3v) is 24.7. The van der Waals surface area contributed by atoms with Crippen LogP contribution in [-0.4, -0.2) is 16.1 Å². The third-order valence-electron chi connectivity index (χ3n) is 12.1. The topological polar surface area (TPSA) is 34.1 Å². The van der Waals surface area contributed by atoms with E-state index in [4.69, 9.17) is 0 Å². The first-order valence-electron chi connectivity index (χ1n) is 18.0. The zero-order chi connectivity index (χ0) is 35.0. The molecular weight excluding hydrogens is 617 g/mol. The number of hydrogen-bond donors (Lipinski definition) is 0. The summed E-state index contributed by atoms with van der Waals surface area (Å²) < 4.78 is 0. The molecule has 4 heteroatoms. The second kappa shape index (κ2) is 12.0. The third kappa shape index (κ3) is 4.67. The van der Waals surface area contributed by atoms with E-state index in [-0.39, 0.29) is 10.9 Å². The molecule has 2 aliphatic rings. The van der Waals surface area contributed by atoms with Gasteiger partial charge in [0.2, 0.25) is 0 Å². The minimum atomic E-state index is -2.03. The Balaban J connectivity index is 1.76. The maximum absolute atomic E-state index is 14.6. The molecule has 0 atom stereocenters. The second-order valence-corrected chi connectivity index (χ2v) is 27.3. The Labute approximate surface area is 288 Å². The molecular formula is C44H50O2Si2. The molecule has 0 aliphatic heterocycles. The summed E-state index contributed by atoms with van der Waals surface area (Å²) in [4.78, 5) is 29.1. The molecule has 0 unspecified atom stereocenters. The van der Waals surface area contributed by atoms with E-state index in [0.29, 0.717) is 54.8 Å². The van der Waals surface area contributed by atoms with Gasteiger partial charge in [-0.2, -0.15) is 0 Å². The lowest BCUT2D eigenvalue weighted by Gasteiger charge is -2.38. The van der Waals surface area contributed by atoms with Crippen molar-refractivity contribution in [2.24, 2.45) is 0 Å². The van der Waals surface area contributed by atoms with Crippen molar-refractivity contribution in [3.8, 4) is 34.1 Å². The van der Waals surface area contributed by atoms with Gasteiger partial charge in [-0.15, -0.1) is 11.1 Å². The monoisotopic (exact) mass is 666 g/mol.